The van der Waals surface area contributed by atoms with Crippen LogP contribution >= 0.6 is 0 Å². The van der Waals surface area contributed by atoms with Gasteiger partial charge in [0, 0.05) is 18.5 Å². The van der Waals surface area contributed by atoms with Crippen LogP contribution in [0.5, 0.6) is 0 Å². The summed E-state index contributed by atoms with van der Waals surface area (Å²) >= 11 is 0. The largest absolute Gasteiger partial charge is 0.522 e. The minimum Gasteiger partial charge on any atom is -0.287 e. The number of rotatable bonds is 5. The van der Waals surface area contributed by atoms with Gasteiger partial charge in [-0.25, -0.2) is 8.42 Å². The fourth-order valence-electron chi connectivity index (χ4n) is 4.52. The molecule has 8 heteroatoms. The minimum atomic E-state index is -4.89. The number of piperidine rings is 1. The Bertz CT molecular complexity index is 1140. The number of nitrogens with zero attached hydrogens (tertiary/aromatic N) is 1. The van der Waals surface area contributed by atoms with Crippen molar-refractivity contribution in [1.29, 1.82) is 0 Å². The maximum absolute atomic E-state index is 13.5. The van der Waals surface area contributed by atoms with Crippen LogP contribution in [0.25, 0.3) is 0 Å². The molecular formula is C25H24F3NO3S. The van der Waals surface area contributed by atoms with Crippen LogP contribution in [0.1, 0.15) is 23.1 Å². The lowest BCUT2D eigenvalue weighted by atomic mass is 9.69. The predicted molar refractivity (Wildman–Crippen MR) is 119 cm³/mol. The van der Waals surface area contributed by atoms with Crippen molar-refractivity contribution < 1.29 is 26.3 Å². The van der Waals surface area contributed by atoms with E-state index in [2.05, 4.69) is 4.74 Å². The Morgan fingerprint density at radius 3 is 1.88 bits per heavy atom. The van der Waals surface area contributed by atoms with E-state index < -0.39 is 34.4 Å². The van der Waals surface area contributed by atoms with Gasteiger partial charge in [0.15, 0.2) is 0 Å². The third kappa shape index (κ3) is 4.98. The smallest absolute Gasteiger partial charge is 0.287 e. The molecule has 0 aliphatic carbocycles. The molecule has 1 fully saturated rings. The average Bonchev–Trinajstić information content (AvgIpc) is 2.79. The van der Waals surface area contributed by atoms with Gasteiger partial charge in [-0.2, -0.15) is 4.31 Å². The van der Waals surface area contributed by atoms with Crippen LogP contribution in [0, 0.1) is 6.92 Å². The predicted octanol–water partition coefficient (Wildman–Crippen LogP) is 5.28. The van der Waals surface area contributed by atoms with Gasteiger partial charge in [0.25, 0.3) is 0 Å². The van der Waals surface area contributed by atoms with Gasteiger partial charge < -0.3 is 0 Å². The van der Waals surface area contributed by atoms with Gasteiger partial charge >= 0.3 is 6.36 Å². The molecule has 1 unspecified atom stereocenters. The Balaban J connectivity index is 1.86. The molecule has 4 rings (SSSR count). The molecule has 1 atom stereocenters. The van der Waals surface area contributed by atoms with Crippen LogP contribution in [-0.4, -0.2) is 38.3 Å². The van der Waals surface area contributed by atoms with E-state index in [1.807, 2.05) is 43.3 Å². The maximum Gasteiger partial charge on any atom is 0.522 e. The molecular weight excluding hydrogens is 451 g/mol. The van der Waals surface area contributed by atoms with E-state index in [-0.39, 0.29) is 17.9 Å². The van der Waals surface area contributed by atoms with Crippen molar-refractivity contribution >= 4 is 10.0 Å². The average molecular weight is 476 g/mol. The van der Waals surface area contributed by atoms with E-state index in [0.29, 0.717) is 0 Å². The maximum atomic E-state index is 13.5. The second kappa shape index (κ2) is 8.93. The summed E-state index contributed by atoms with van der Waals surface area (Å²) in [5, 5.41) is 0. The summed E-state index contributed by atoms with van der Waals surface area (Å²) in [4.78, 5) is 0.0378. The van der Waals surface area contributed by atoms with Gasteiger partial charge in [0.1, 0.15) is 0 Å². The highest BCUT2D eigenvalue weighted by molar-refractivity contribution is 7.89. The van der Waals surface area contributed by atoms with Gasteiger partial charge in [-0.15, -0.1) is 13.2 Å². The van der Waals surface area contributed by atoms with E-state index in [9.17, 15) is 21.6 Å². The number of ether oxygens (including phenoxy) is 1. The lowest BCUT2D eigenvalue weighted by molar-refractivity contribution is -0.346. The lowest BCUT2D eigenvalue weighted by Crippen LogP contribution is -2.55. The summed E-state index contributed by atoms with van der Waals surface area (Å²) < 4.78 is 72.6. The van der Waals surface area contributed by atoms with Crippen molar-refractivity contribution in [2.24, 2.45) is 0 Å². The molecule has 1 saturated heterocycles. The van der Waals surface area contributed by atoms with Crippen molar-refractivity contribution in [3.05, 3.63) is 102 Å². The van der Waals surface area contributed by atoms with Crippen molar-refractivity contribution in [2.75, 3.05) is 13.1 Å². The molecule has 0 radical (unpaired) electrons. The number of sulfonamides is 1. The van der Waals surface area contributed by atoms with E-state index in [1.54, 1.807) is 36.4 Å². The molecule has 33 heavy (non-hydrogen) atoms. The van der Waals surface area contributed by atoms with Crippen LogP contribution in [0.3, 0.4) is 0 Å². The first-order valence-electron chi connectivity index (χ1n) is 10.5. The number of hydrogen-bond donors (Lipinski definition) is 0. The van der Waals surface area contributed by atoms with Crippen LogP contribution in [0.4, 0.5) is 13.2 Å². The Kier molecular flexibility index (Phi) is 6.35. The van der Waals surface area contributed by atoms with Crippen LogP contribution in [0.15, 0.2) is 89.8 Å². The minimum absolute atomic E-state index is 0.00501. The van der Waals surface area contributed by atoms with Gasteiger partial charge in [-0.05, 0) is 36.6 Å². The SMILES string of the molecule is Cc1ccc(S(=O)(=O)N2CC(OC(F)(F)F)CC(c3ccccc3)(c3ccccc3)C2)cc1. The Labute approximate surface area is 191 Å². The zero-order valence-corrected chi connectivity index (χ0v) is 18.8. The van der Waals surface area contributed by atoms with Crippen LogP contribution < -0.4 is 0 Å². The summed E-state index contributed by atoms with van der Waals surface area (Å²) in [6, 6.07) is 24.4. The molecule has 0 amide bonds. The summed E-state index contributed by atoms with van der Waals surface area (Å²) in [5.41, 5.74) is 1.33. The number of benzene rings is 3. The Morgan fingerprint density at radius 2 is 1.39 bits per heavy atom. The number of aryl methyl sites for hydroxylation is 1. The van der Waals surface area contributed by atoms with E-state index in [4.69, 9.17) is 0 Å². The first-order chi connectivity index (χ1) is 15.6. The monoisotopic (exact) mass is 475 g/mol. The zero-order chi connectivity index (χ0) is 23.7. The van der Waals surface area contributed by atoms with Crippen molar-refractivity contribution in [3.63, 3.8) is 0 Å². The topological polar surface area (TPSA) is 46.6 Å². The van der Waals surface area contributed by atoms with Crippen molar-refractivity contribution in [2.45, 2.75) is 36.1 Å². The lowest BCUT2D eigenvalue weighted by Gasteiger charge is -2.46. The molecule has 3 aromatic carbocycles. The molecule has 174 valence electrons. The third-order valence-corrected chi connectivity index (χ3v) is 7.87. The summed E-state index contributed by atoms with van der Waals surface area (Å²) in [5.74, 6) is 0. The number of halogens is 3. The van der Waals surface area contributed by atoms with E-state index >= 15 is 0 Å². The van der Waals surface area contributed by atoms with Crippen molar-refractivity contribution in [1.82, 2.24) is 4.31 Å². The summed E-state index contributed by atoms with van der Waals surface area (Å²) in [7, 11) is -4.07. The quantitative estimate of drug-likeness (QED) is 0.504. The van der Waals surface area contributed by atoms with E-state index in [0.717, 1.165) is 21.0 Å². The molecule has 4 nitrogen and oxygen atoms in total. The van der Waals surface area contributed by atoms with Crippen LogP contribution in [-0.2, 0) is 20.2 Å². The first-order valence-corrected chi connectivity index (χ1v) is 12.0. The molecule has 0 N–H and O–H groups in total. The van der Waals surface area contributed by atoms with Gasteiger partial charge in [-0.3, -0.25) is 4.74 Å². The fourth-order valence-corrected chi connectivity index (χ4v) is 6.05. The standard InChI is InChI=1S/C25H24F3NO3S/c1-19-12-14-23(15-13-19)33(30,31)29-17-22(32-25(26,27)28)16-24(18-29,20-8-4-2-5-9-20)21-10-6-3-7-11-21/h2-15,22H,16-18H2,1H3. The van der Waals surface area contributed by atoms with Crippen LogP contribution in [0.2, 0.25) is 0 Å². The Morgan fingerprint density at radius 1 is 0.879 bits per heavy atom. The molecule has 0 saturated carbocycles. The van der Waals surface area contributed by atoms with Gasteiger partial charge in [0.05, 0.1) is 11.0 Å². The third-order valence-electron chi connectivity index (χ3n) is 6.04. The van der Waals surface area contributed by atoms with Gasteiger partial charge in [0.2, 0.25) is 10.0 Å². The number of hydrogen-bond acceptors (Lipinski definition) is 3. The first kappa shape index (κ1) is 23.5. The molecule has 1 aliphatic heterocycles. The molecule has 1 aliphatic rings. The second-order valence-electron chi connectivity index (χ2n) is 8.31. The van der Waals surface area contributed by atoms with E-state index in [1.165, 1.54) is 12.1 Å². The summed E-state index contributed by atoms with van der Waals surface area (Å²) in [6.07, 6.45) is -6.28. The highest BCUT2D eigenvalue weighted by Gasteiger charge is 2.49. The molecule has 3 aromatic rings. The fraction of sp³-hybridized carbons (Fsp3) is 0.280. The molecule has 0 spiro atoms. The molecule has 0 aromatic heterocycles. The normalized spacial score (nSPS) is 19.3. The second-order valence-corrected chi connectivity index (χ2v) is 10.3. The van der Waals surface area contributed by atoms with Crippen molar-refractivity contribution in [3.8, 4) is 0 Å². The summed E-state index contributed by atoms with van der Waals surface area (Å²) in [6.45, 7) is 1.44. The highest BCUT2D eigenvalue weighted by atomic mass is 32.2. The number of alkyl halides is 3. The molecule has 1 heterocycles. The molecule has 0 bridgehead atoms. The Hall–Kier alpha value is -2.68. The highest BCUT2D eigenvalue weighted by Crippen LogP contribution is 2.43. The van der Waals surface area contributed by atoms with Gasteiger partial charge in [-0.1, -0.05) is 78.4 Å². The zero-order valence-electron chi connectivity index (χ0n) is 18.0.